The van der Waals surface area contributed by atoms with Gasteiger partial charge >= 0.3 is 5.97 Å². The van der Waals surface area contributed by atoms with Gasteiger partial charge in [-0.1, -0.05) is 59.6 Å². The number of aromatic nitrogens is 2. The molecule has 0 unspecified atom stereocenters. The van der Waals surface area contributed by atoms with E-state index in [0.29, 0.717) is 38.7 Å². The number of methoxy groups -OCH3 is 1. The molecule has 36 heavy (non-hydrogen) atoms. The van der Waals surface area contributed by atoms with Crippen molar-refractivity contribution in [3.63, 3.8) is 0 Å². The number of thiocarbonyl (C=S) groups is 1. The molecular weight excluding hydrogens is 535 g/mol. The van der Waals surface area contributed by atoms with Gasteiger partial charge in [-0.25, -0.2) is 4.79 Å². The lowest BCUT2D eigenvalue weighted by molar-refractivity contribution is 0.0602. The number of thiophene rings is 1. The van der Waals surface area contributed by atoms with Crippen LogP contribution in [-0.4, -0.2) is 28.0 Å². The van der Waals surface area contributed by atoms with E-state index in [1.165, 1.54) is 18.4 Å². The molecule has 0 fully saturated rings. The van der Waals surface area contributed by atoms with Crippen LogP contribution in [-0.2, 0) is 17.7 Å². The number of carbonyl (C=O) groups is 1. The highest BCUT2D eigenvalue weighted by atomic mass is 35.5. The molecule has 0 atom stereocenters. The fourth-order valence-electron chi connectivity index (χ4n) is 3.77. The van der Waals surface area contributed by atoms with E-state index < -0.39 is 5.97 Å². The summed E-state index contributed by atoms with van der Waals surface area (Å²) in [6.07, 6.45) is 0.705. The predicted octanol–water partition coefficient (Wildman–Crippen LogP) is 7.10. The molecule has 0 saturated heterocycles. The van der Waals surface area contributed by atoms with Crippen molar-refractivity contribution in [1.29, 1.82) is 0 Å². The van der Waals surface area contributed by atoms with Gasteiger partial charge in [-0.15, -0.1) is 11.3 Å². The molecule has 186 valence electrons. The fourth-order valence-corrected chi connectivity index (χ4v) is 5.44. The highest BCUT2D eigenvalue weighted by molar-refractivity contribution is 7.80. The van der Waals surface area contributed by atoms with Crippen molar-refractivity contribution in [3.8, 4) is 0 Å². The highest BCUT2D eigenvalue weighted by Gasteiger charge is 2.19. The number of anilines is 2. The molecule has 0 bridgehead atoms. The molecule has 2 aromatic heterocycles. The summed E-state index contributed by atoms with van der Waals surface area (Å²) in [4.78, 5) is 13.4. The first-order valence-corrected chi connectivity index (χ1v) is 13.0. The van der Waals surface area contributed by atoms with Crippen LogP contribution in [0, 0.1) is 13.8 Å². The summed E-state index contributed by atoms with van der Waals surface area (Å²) in [6, 6.07) is 17.4. The van der Waals surface area contributed by atoms with Crippen LogP contribution in [0.5, 0.6) is 0 Å². The van der Waals surface area contributed by atoms with E-state index >= 15 is 0 Å². The Kier molecular flexibility index (Phi) is 8.31. The number of hydrogen-bond acceptors (Lipinski definition) is 5. The van der Waals surface area contributed by atoms with Crippen molar-refractivity contribution in [1.82, 2.24) is 9.78 Å². The van der Waals surface area contributed by atoms with Gasteiger partial charge in [0.1, 0.15) is 5.00 Å². The average molecular weight is 560 g/mol. The largest absolute Gasteiger partial charge is 0.465 e. The number of rotatable bonds is 7. The van der Waals surface area contributed by atoms with E-state index in [2.05, 4.69) is 27.9 Å². The van der Waals surface area contributed by atoms with Crippen molar-refractivity contribution in [3.05, 3.63) is 97.6 Å². The zero-order valence-electron chi connectivity index (χ0n) is 19.9. The average Bonchev–Trinajstić information content (AvgIpc) is 3.36. The molecule has 0 aliphatic rings. The lowest BCUT2D eigenvalue weighted by atomic mass is 10.1. The maximum absolute atomic E-state index is 12.4. The Bertz CT molecular complexity index is 1420. The van der Waals surface area contributed by atoms with Crippen molar-refractivity contribution in [2.45, 2.75) is 26.8 Å². The summed E-state index contributed by atoms with van der Waals surface area (Å²) in [6.45, 7) is 4.41. The topological polar surface area (TPSA) is 68.2 Å². The zero-order chi connectivity index (χ0) is 25.8. The minimum atomic E-state index is -0.419. The van der Waals surface area contributed by atoms with Crippen LogP contribution >= 0.6 is 46.8 Å². The number of benzene rings is 2. The first kappa shape index (κ1) is 26.2. The van der Waals surface area contributed by atoms with Gasteiger partial charge in [0.05, 0.1) is 46.3 Å². The number of halogens is 2. The maximum atomic E-state index is 12.4. The number of ether oxygens (including phenoxy) is 1. The summed E-state index contributed by atoms with van der Waals surface area (Å²) in [5.41, 5.74) is 5.08. The van der Waals surface area contributed by atoms with Gasteiger partial charge in [0.25, 0.3) is 0 Å². The number of carbonyl (C=O) groups excluding carboxylic acids is 1. The van der Waals surface area contributed by atoms with Crippen molar-refractivity contribution < 1.29 is 9.53 Å². The molecule has 4 rings (SSSR count). The molecule has 2 aromatic carbocycles. The first-order valence-electron chi connectivity index (χ1n) is 11.1. The summed E-state index contributed by atoms with van der Waals surface area (Å²) in [5, 5.41) is 13.1. The maximum Gasteiger partial charge on any atom is 0.340 e. The van der Waals surface area contributed by atoms with E-state index in [1.807, 2.05) is 54.9 Å². The normalized spacial score (nSPS) is 10.8. The van der Waals surface area contributed by atoms with Gasteiger partial charge in [-0.2, -0.15) is 5.10 Å². The second kappa shape index (κ2) is 11.4. The molecule has 0 spiro atoms. The van der Waals surface area contributed by atoms with Crippen LogP contribution in [0.15, 0.2) is 54.6 Å². The minimum absolute atomic E-state index is 0.355. The van der Waals surface area contributed by atoms with Gasteiger partial charge in [0, 0.05) is 11.3 Å². The van der Waals surface area contributed by atoms with Crippen LogP contribution in [0.3, 0.4) is 0 Å². The molecule has 6 nitrogen and oxygen atoms in total. The van der Waals surface area contributed by atoms with Crippen molar-refractivity contribution in [2.75, 3.05) is 17.7 Å². The molecule has 2 heterocycles. The van der Waals surface area contributed by atoms with E-state index in [4.69, 9.17) is 40.2 Å². The minimum Gasteiger partial charge on any atom is -0.465 e. The third kappa shape index (κ3) is 6.07. The molecule has 0 radical (unpaired) electrons. The molecule has 4 aromatic rings. The number of hydrogen-bond donors (Lipinski definition) is 2. The second-order valence-corrected chi connectivity index (χ2v) is 10.5. The summed E-state index contributed by atoms with van der Waals surface area (Å²) >= 11 is 19.3. The van der Waals surface area contributed by atoms with Crippen LogP contribution < -0.4 is 10.6 Å². The van der Waals surface area contributed by atoms with E-state index in [9.17, 15) is 4.79 Å². The summed E-state index contributed by atoms with van der Waals surface area (Å²) in [5.74, 6) is -0.419. The number of aryl methyl sites for hydroxylation is 1. The number of esters is 1. The van der Waals surface area contributed by atoms with E-state index in [1.54, 1.807) is 6.07 Å². The smallest absolute Gasteiger partial charge is 0.340 e. The zero-order valence-corrected chi connectivity index (χ0v) is 23.0. The Morgan fingerprint density at radius 3 is 2.50 bits per heavy atom. The standard InChI is InChI=1S/C26H24Cl2N4O2S2/c1-15-23(16(2)32(31-15)14-18-9-10-21(27)22(28)12-18)29-26(35)30-24-20(25(33)34-3)13-19(36-24)11-17-7-5-4-6-8-17/h4-10,12-13H,11,14H2,1-3H3,(H2,29,30,35). The van der Waals surface area contributed by atoms with E-state index in [-0.39, 0.29) is 0 Å². The van der Waals surface area contributed by atoms with Gasteiger partial charge < -0.3 is 15.4 Å². The third-order valence-electron chi connectivity index (χ3n) is 5.57. The molecule has 0 saturated carbocycles. The van der Waals surface area contributed by atoms with Crippen molar-refractivity contribution >= 4 is 68.5 Å². The SMILES string of the molecule is COC(=O)c1cc(Cc2ccccc2)sc1NC(=S)Nc1c(C)nn(Cc2ccc(Cl)c(Cl)c2)c1C. The molecule has 0 aliphatic heterocycles. The van der Waals surface area contributed by atoms with Gasteiger partial charge in [-0.05, 0) is 55.4 Å². The highest BCUT2D eigenvalue weighted by Crippen LogP contribution is 2.31. The molecule has 10 heteroatoms. The number of nitrogens with one attached hydrogen (secondary N) is 2. The Morgan fingerprint density at radius 2 is 1.81 bits per heavy atom. The summed E-state index contributed by atoms with van der Waals surface area (Å²) < 4.78 is 6.87. The van der Waals surface area contributed by atoms with Gasteiger partial charge in [0.2, 0.25) is 0 Å². The molecule has 0 amide bonds. The first-order chi connectivity index (χ1) is 17.2. The second-order valence-electron chi connectivity index (χ2n) is 8.14. The summed E-state index contributed by atoms with van der Waals surface area (Å²) in [7, 11) is 1.37. The Hall–Kier alpha value is -2.91. The quantitative estimate of drug-likeness (QED) is 0.186. The van der Waals surface area contributed by atoms with Crippen LogP contribution in [0.25, 0.3) is 0 Å². The monoisotopic (exact) mass is 558 g/mol. The Labute approximate surface area is 229 Å². The van der Waals surface area contributed by atoms with Crippen LogP contribution in [0.1, 0.15) is 37.7 Å². The molecule has 2 N–H and O–H groups in total. The van der Waals surface area contributed by atoms with Gasteiger partial charge in [-0.3, -0.25) is 4.68 Å². The third-order valence-corrected chi connectivity index (χ3v) is 7.57. The van der Waals surface area contributed by atoms with Crippen molar-refractivity contribution in [2.24, 2.45) is 0 Å². The lowest BCUT2D eigenvalue weighted by Gasteiger charge is -2.11. The van der Waals surface area contributed by atoms with Crippen LogP contribution in [0.2, 0.25) is 10.0 Å². The molecule has 0 aliphatic carbocycles. The van der Waals surface area contributed by atoms with Gasteiger partial charge in [0.15, 0.2) is 5.11 Å². The molecular formula is C26H24Cl2N4O2S2. The fraction of sp³-hybridized carbons (Fsp3) is 0.192. The Morgan fingerprint density at radius 1 is 1.06 bits per heavy atom. The van der Waals surface area contributed by atoms with E-state index in [0.717, 1.165) is 33.1 Å². The number of nitrogens with zero attached hydrogens (tertiary/aromatic N) is 2. The van der Waals surface area contributed by atoms with Crippen LogP contribution in [0.4, 0.5) is 10.7 Å². The predicted molar refractivity (Wildman–Crippen MR) is 152 cm³/mol. The lowest BCUT2D eigenvalue weighted by Crippen LogP contribution is -2.20. The Balaban J connectivity index is 1.51.